The number of anilines is 1. The van der Waals surface area contributed by atoms with Crippen molar-refractivity contribution in [1.29, 1.82) is 0 Å². The Morgan fingerprint density at radius 2 is 1.94 bits per heavy atom. The number of hydrogen-bond acceptors (Lipinski definition) is 5. The lowest BCUT2D eigenvalue weighted by molar-refractivity contribution is -0.116. The minimum absolute atomic E-state index is 0.121. The van der Waals surface area contributed by atoms with Gasteiger partial charge in [0.1, 0.15) is 0 Å². The van der Waals surface area contributed by atoms with Gasteiger partial charge in [-0.25, -0.2) is 0 Å². The van der Waals surface area contributed by atoms with E-state index in [9.17, 15) is 9.59 Å². The van der Waals surface area contributed by atoms with Gasteiger partial charge in [0.05, 0.1) is 17.3 Å². The van der Waals surface area contributed by atoms with Gasteiger partial charge in [-0.15, -0.1) is 16.8 Å². The summed E-state index contributed by atoms with van der Waals surface area (Å²) in [6, 6.07) is 12.4. The topological polar surface area (TPSA) is 88.9 Å². The number of hydrogen-bond donors (Lipinski definition) is 2. The molecule has 2 N–H and O–H groups in total. The lowest BCUT2D eigenvalue weighted by Gasteiger charge is -2.09. The first-order chi connectivity index (χ1) is 16.4. The van der Waals surface area contributed by atoms with Crippen LogP contribution in [0.2, 0.25) is 10.0 Å². The highest BCUT2D eigenvalue weighted by Crippen LogP contribution is 2.26. The molecule has 7 nitrogen and oxygen atoms in total. The summed E-state index contributed by atoms with van der Waals surface area (Å²) in [5.74, 6) is 0.156. The summed E-state index contributed by atoms with van der Waals surface area (Å²) < 4.78 is 2.54. The van der Waals surface area contributed by atoms with Crippen LogP contribution in [-0.4, -0.2) is 32.3 Å². The van der Waals surface area contributed by atoms with Crippen LogP contribution >= 0.6 is 50.9 Å². The van der Waals surface area contributed by atoms with Crippen molar-refractivity contribution in [2.24, 2.45) is 0 Å². The van der Waals surface area contributed by atoms with Crippen LogP contribution in [0.1, 0.15) is 11.4 Å². The monoisotopic (exact) mass is 579 g/mol. The van der Waals surface area contributed by atoms with Crippen molar-refractivity contribution < 1.29 is 9.59 Å². The van der Waals surface area contributed by atoms with Gasteiger partial charge in [-0.1, -0.05) is 59.2 Å². The summed E-state index contributed by atoms with van der Waals surface area (Å²) in [6.45, 7) is 4.35. The lowest BCUT2D eigenvalue weighted by Crippen LogP contribution is -2.23. The summed E-state index contributed by atoms with van der Waals surface area (Å²) in [5.41, 5.74) is 1.34. The first-order valence-electron chi connectivity index (χ1n) is 9.98. The predicted molar refractivity (Wildman–Crippen MR) is 141 cm³/mol. The molecule has 0 aliphatic carbocycles. The van der Waals surface area contributed by atoms with Crippen molar-refractivity contribution in [3.8, 4) is 0 Å². The number of nitrogens with zero attached hydrogens (tertiary/aromatic N) is 3. The van der Waals surface area contributed by atoms with Crippen LogP contribution in [0.4, 0.5) is 5.69 Å². The number of halogens is 3. The molecule has 0 spiro atoms. The largest absolute Gasteiger partial charge is 0.345 e. The number of carbonyl (C=O) groups excluding carboxylic acids is 2. The van der Waals surface area contributed by atoms with Crippen LogP contribution < -0.4 is 10.6 Å². The molecule has 176 valence electrons. The van der Waals surface area contributed by atoms with Crippen LogP contribution in [0.5, 0.6) is 0 Å². The molecule has 2 aromatic carbocycles. The Hall–Kier alpha value is -2.59. The van der Waals surface area contributed by atoms with Gasteiger partial charge in [0.2, 0.25) is 11.8 Å². The molecule has 2 amide bonds. The molecule has 0 unspecified atom stereocenters. The smallest absolute Gasteiger partial charge is 0.244 e. The quantitative estimate of drug-likeness (QED) is 0.185. The molecule has 3 rings (SSSR count). The molecule has 0 bridgehead atoms. The number of rotatable bonds is 10. The van der Waals surface area contributed by atoms with Crippen LogP contribution in [0.25, 0.3) is 6.08 Å². The Bertz CT molecular complexity index is 1230. The van der Waals surface area contributed by atoms with Crippen molar-refractivity contribution in [3.05, 3.63) is 87.1 Å². The maximum absolute atomic E-state index is 12.3. The van der Waals surface area contributed by atoms with E-state index in [1.807, 2.05) is 18.2 Å². The summed E-state index contributed by atoms with van der Waals surface area (Å²) in [4.78, 5) is 24.6. The molecule has 0 aliphatic heterocycles. The second-order valence-corrected chi connectivity index (χ2v) is 9.45. The van der Waals surface area contributed by atoms with Crippen molar-refractivity contribution in [1.82, 2.24) is 20.1 Å². The average Bonchev–Trinajstić information content (AvgIpc) is 3.20. The van der Waals surface area contributed by atoms with Gasteiger partial charge in [0.15, 0.2) is 11.0 Å². The molecule has 0 atom stereocenters. The number of amides is 2. The van der Waals surface area contributed by atoms with Crippen LogP contribution in [0, 0.1) is 0 Å². The van der Waals surface area contributed by atoms with Gasteiger partial charge in [-0.2, -0.15) is 0 Å². The summed E-state index contributed by atoms with van der Waals surface area (Å²) in [6.07, 6.45) is 4.74. The fraction of sp³-hybridized carbons (Fsp3) is 0.130. The zero-order valence-electron chi connectivity index (χ0n) is 17.8. The van der Waals surface area contributed by atoms with E-state index in [-0.39, 0.29) is 24.1 Å². The maximum Gasteiger partial charge on any atom is 0.244 e. The molecular weight excluding hydrogens is 561 g/mol. The number of aromatic nitrogens is 3. The third kappa shape index (κ3) is 7.46. The van der Waals surface area contributed by atoms with E-state index in [2.05, 4.69) is 43.3 Å². The van der Waals surface area contributed by atoms with Crippen molar-refractivity contribution in [2.45, 2.75) is 18.2 Å². The van der Waals surface area contributed by atoms with Crippen molar-refractivity contribution in [3.63, 3.8) is 0 Å². The van der Waals surface area contributed by atoms with Crippen LogP contribution in [0.3, 0.4) is 0 Å². The number of thioether (sulfide) groups is 1. The predicted octanol–water partition coefficient (Wildman–Crippen LogP) is 5.59. The van der Waals surface area contributed by atoms with Gasteiger partial charge >= 0.3 is 0 Å². The van der Waals surface area contributed by atoms with E-state index in [1.54, 1.807) is 41.0 Å². The van der Waals surface area contributed by atoms with E-state index in [0.29, 0.717) is 33.3 Å². The minimum atomic E-state index is -0.296. The van der Waals surface area contributed by atoms with Gasteiger partial charge < -0.3 is 15.2 Å². The molecule has 11 heteroatoms. The molecule has 0 saturated carbocycles. The number of nitrogens with one attached hydrogen (secondary N) is 2. The molecule has 1 heterocycles. The normalized spacial score (nSPS) is 10.9. The van der Waals surface area contributed by atoms with E-state index < -0.39 is 0 Å². The van der Waals surface area contributed by atoms with Gasteiger partial charge in [-0.05, 0) is 51.8 Å². The Balaban J connectivity index is 1.57. The van der Waals surface area contributed by atoms with Crippen molar-refractivity contribution >= 4 is 74.5 Å². The molecule has 0 radical (unpaired) electrons. The van der Waals surface area contributed by atoms with Crippen LogP contribution in [0.15, 0.2) is 70.8 Å². The molecular formula is C23H20BrCl2N5O2S. The highest BCUT2D eigenvalue weighted by molar-refractivity contribution is 9.10. The Labute approximate surface area is 219 Å². The molecule has 0 aliphatic rings. The Kier molecular flexibility index (Phi) is 9.76. The highest BCUT2D eigenvalue weighted by Gasteiger charge is 2.14. The highest BCUT2D eigenvalue weighted by atomic mass is 79.9. The summed E-state index contributed by atoms with van der Waals surface area (Å²) in [7, 11) is 0. The standard InChI is InChI=1S/C23H20BrCl2N5O2S/c1-2-11-31-20(13-27-21(32)10-7-15-5-3-4-6-18(15)25)29-30-23(31)34-14-22(33)28-16-8-9-17(24)19(26)12-16/h2-10,12H,1,11,13-14H2,(H,27,32)(H,28,33)/b10-7+. The molecule has 0 saturated heterocycles. The lowest BCUT2D eigenvalue weighted by atomic mass is 10.2. The number of benzene rings is 2. The third-order valence-corrected chi connectivity index (χ3v) is 6.92. The van der Waals surface area contributed by atoms with Crippen LogP contribution in [-0.2, 0) is 22.7 Å². The molecule has 0 fully saturated rings. The Morgan fingerprint density at radius 3 is 2.68 bits per heavy atom. The second kappa shape index (κ2) is 12.8. The second-order valence-electron chi connectivity index (χ2n) is 6.84. The van der Waals surface area contributed by atoms with Gasteiger partial charge in [0, 0.05) is 27.8 Å². The number of allylic oxidation sites excluding steroid dienone is 1. The number of carbonyl (C=O) groups is 2. The first-order valence-corrected chi connectivity index (χ1v) is 12.5. The zero-order valence-corrected chi connectivity index (χ0v) is 21.7. The van der Waals surface area contributed by atoms with Crippen molar-refractivity contribution in [2.75, 3.05) is 11.1 Å². The van der Waals surface area contributed by atoms with E-state index in [0.717, 1.165) is 10.0 Å². The molecule has 3 aromatic rings. The summed E-state index contributed by atoms with van der Waals surface area (Å²) in [5, 5.41) is 15.5. The van der Waals surface area contributed by atoms with Gasteiger partial charge in [-0.3, -0.25) is 9.59 Å². The Morgan fingerprint density at radius 1 is 1.15 bits per heavy atom. The van der Waals surface area contributed by atoms with E-state index >= 15 is 0 Å². The summed E-state index contributed by atoms with van der Waals surface area (Å²) >= 11 is 16.7. The SMILES string of the molecule is C=CCn1c(CNC(=O)/C=C/c2ccccc2Cl)nnc1SCC(=O)Nc1ccc(Br)c(Cl)c1. The van der Waals surface area contributed by atoms with Gasteiger partial charge in [0.25, 0.3) is 0 Å². The average molecular weight is 581 g/mol. The van der Waals surface area contributed by atoms with E-state index in [4.69, 9.17) is 23.2 Å². The third-order valence-electron chi connectivity index (χ3n) is 4.38. The maximum atomic E-state index is 12.3. The fourth-order valence-corrected chi connectivity index (χ4v) is 4.16. The minimum Gasteiger partial charge on any atom is -0.345 e. The molecule has 1 aromatic heterocycles. The molecule has 34 heavy (non-hydrogen) atoms. The van der Waals surface area contributed by atoms with E-state index in [1.165, 1.54) is 17.8 Å². The fourth-order valence-electron chi connectivity index (χ4n) is 2.77. The first kappa shape index (κ1) is 26.0. The zero-order chi connectivity index (χ0) is 24.5.